The second-order valence-corrected chi connectivity index (χ2v) is 6.31. The highest BCUT2D eigenvalue weighted by atomic mass is 79.9. The minimum Gasteiger partial charge on any atom is -0.489 e. The molecule has 0 unspecified atom stereocenters. The predicted octanol–water partition coefficient (Wildman–Crippen LogP) is 3.61. The van der Waals surface area contributed by atoms with E-state index >= 15 is 0 Å². The number of hydrazine groups is 1. The van der Waals surface area contributed by atoms with Gasteiger partial charge in [0, 0.05) is 10.0 Å². The van der Waals surface area contributed by atoms with Gasteiger partial charge in [-0.1, -0.05) is 28.6 Å². The van der Waals surface area contributed by atoms with Crippen molar-refractivity contribution in [2.75, 3.05) is 11.6 Å². The molecule has 2 amide bonds. The van der Waals surface area contributed by atoms with Gasteiger partial charge in [-0.15, -0.1) is 0 Å². The van der Waals surface area contributed by atoms with Crippen LogP contribution in [0.4, 0.5) is 10.1 Å². The van der Waals surface area contributed by atoms with Crippen molar-refractivity contribution in [2.45, 2.75) is 0 Å². The molecule has 1 aliphatic heterocycles. The molecular weight excluding hydrogens is 403 g/mol. The Morgan fingerprint density at radius 3 is 2.62 bits per heavy atom. The van der Waals surface area contributed by atoms with Gasteiger partial charge in [0.25, 0.3) is 11.8 Å². The first-order chi connectivity index (χ1) is 12.5. The quantitative estimate of drug-likeness (QED) is 0.460. The van der Waals surface area contributed by atoms with Crippen molar-refractivity contribution in [3.63, 3.8) is 0 Å². The molecule has 1 heterocycles. The Bertz CT molecular complexity index is 910. The van der Waals surface area contributed by atoms with Crippen molar-refractivity contribution in [2.24, 2.45) is 0 Å². The highest BCUT2D eigenvalue weighted by Crippen LogP contribution is 2.28. The predicted molar refractivity (Wildman–Crippen MR) is 99.8 cm³/mol. The molecule has 1 N–H and O–H groups in total. The van der Waals surface area contributed by atoms with Crippen molar-refractivity contribution in [3.8, 4) is 5.75 Å². The summed E-state index contributed by atoms with van der Waals surface area (Å²) in [6.07, 6.45) is 3.06. The molecular formula is C19H14BrFN2O3. The average molecular weight is 417 g/mol. The Kier molecular flexibility index (Phi) is 5.18. The van der Waals surface area contributed by atoms with E-state index in [0.29, 0.717) is 23.6 Å². The lowest BCUT2D eigenvalue weighted by molar-refractivity contribution is -0.117. The molecule has 0 radical (unpaired) electrons. The molecule has 7 heteroatoms. The largest absolute Gasteiger partial charge is 0.489 e. The second-order valence-electron chi connectivity index (χ2n) is 5.40. The summed E-state index contributed by atoms with van der Waals surface area (Å²) < 4.78 is 19.4. The Labute approximate surface area is 157 Å². The van der Waals surface area contributed by atoms with Crippen molar-refractivity contribution < 1.29 is 18.7 Å². The van der Waals surface area contributed by atoms with Crippen LogP contribution in [0.2, 0.25) is 0 Å². The molecule has 3 rings (SSSR count). The molecule has 0 bridgehead atoms. The zero-order valence-electron chi connectivity index (χ0n) is 13.5. The fourth-order valence-electron chi connectivity index (χ4n) is 2.40. The Morgan fingerprint density at radius 1 is 1.19 bits per heavy atom. The van der Waals surface area contributed by atoms with Crippen LogP contribution < -0.4 is 15.2 Å². The van der Waals surface area contributed by atoms with Crippen LogP contribution in [0.3, 0.4) is 0 Å². The topological polar surface area (TPSA) is 58.6 Å². The fourth-order valence-corrected chi connectivity index (χ4v) is 2.78. The number of rotatable bonds is 5. The third-order valence-corrected chi connectivity index (χ3v) is 4.10. The maximum Gasteiger partial charge on any atom is 0.282 e. The molecule has 1 fully saturated rings. The number of hydrogen-bond donors (Lipinski definition) is 1. The van der Waals surface area contributed by atoms with Crippen LogP contribution >= 0.6 is 15.9 Å². The number of nitrogens with one attached hydrogen (secondary N) is 1. The monoisotopic (exact) mass is 416 g/mol. The van der Waals surface area contributed by atoms with Gasteiger partial charge in [-0.3, -0.25) is 15.0 Å². The number of carbonyl (C=O) groups is 2. The van der Waals surface area contributed by atoms with Gasteiger partial charge < -0.3 is 4.74 Å². The molecule has 0 atom stereocenters. The molecule has 2 aromatic carbocycles. The van der Waals surface area contributed by atoms with Gasteiger partial charge in [-0.05, 0) is 48.5 Å². The van der Waals surface area contributed by atoms with Crippen molar-refractivity contribution in [1.29, 1.82) is 0 Å². The van der Waals surface area contributed by atoms with E-state index in [1.165, 1.54) is 30.3 Å². The van der Waals surface area contributed by atoms with E-state index in [0.717, 1.165) is 9.48 Å². The minimum absolute atomic E-state index is 0.0455. The van der Waals surface area contributed by atoms with E-state index in [-0.39, 0.29) is 5.57 Å². The summed E-state index contributed by atoms with van der Waals surface area (Å²) in [5, 5.41) is 1.08. The van der Waals surface area contributed by atoms with Crippen LogP contribution in [0.5, 0.6) is 5.75 Å². The van der Waals surface area contributed by atoms with E-state index in [2.05, 4.69) is 27.9 Å². The molecule has 1 saturated heterocycles. The van der Waals surface area contributed by atoms with E-state index < -0.39 is 17.6 Å². The van der Waals surface area contributed by atoms with Crippen LogP contribution in [0, 0.1) is 5.82 Å². The zero-order chi connectivity index (χ0) is 18.7. The van der Waals surface area contributed by atoms with Crippen LogP contribution in [0.1, 0.15) is 5.56 Å². The molecule has 5 nitrogen and oxygen atoms in total. The normalized spacial score (nSPS) is 15.3. The first-order valence-electron chi connectivity index (χ1n) is 7.65. The van der Waals surface area contributed by atoms with Gasteiger partial charge in [0.15, 0.2) is 0 Å². The van der Waals surface area contributed by atoms with Gasteiger partial charge >= 0.3 is 0 Å². The van der Waals surface area contributed by atoms with E-state index in [9.17, 15) is 14.0 Å². The molecule has 0 saturated carbocycles. The molecule has 0 aliphatic carbocycles. The van der Waals surface area contributed by atoms with Gasteiger partial charge in [-0.25, -0.2) is 9.40 Å². The maximum atomic E-state index is 13.1. The number of anilines is 1. The Morgan fingerprint density at radius 2 is 1.92 bits per heavy atom. The first-order valence-corrected chi connectivity index (χ1v) is 8.45. The number of hydrogen-bond acceptors (Lipinski definition) is 3. The lowest BCUT2D eigenvalue weighted by Gasteiger charge is -2.14. The highest BCUT2D eigenvalue weighted by molar-refractivity contribution is 9.10. The first kappa shape index (κ1) is 17.9. The third kappa shape index (κ3) is 3.67. The zero-order valence-corrected chi connectivity index (χ0v) is 15.1. The van der Waals surface area contributed by atoms with Gasteiger partial charge in [-0.2, -0.15) is 0 Å². The summed E-state index contributed by atoms with van der Waals surface area (Å²) in [4.78, 5) is 24.9. The molecule has 0 aromatic heterocycles. The van der Waals surface area contributed by atoms with Gasteiger partial charge in [0.05, 0.1) is 5.69 Å². The SMILES string of the molecule is C=CCOc1ccc(Br)cc1/C=C1\C(=O)NN(c2ccc(F)cc2)C1=O. The molecule has 26 heavy (non-hydrogen) atoms. The number of carbonyl (C=O) groups excluding carboxylic acids is 2. The van der Waals surface area contributed by atoms with E-state index in [4.69, 9.17) is 4.74 Å². The fraction of sp³-hybridized carbons (Fsp3) is 0.0526. The average Bonchev–Trinajstić information content (AvgIpc) is 2.90. The summed E-state index contributed by atoms with van der Waals surface area (Å²) in [6.45, 7) is 3.89. The lowest BCUT2D eigenvalue weighted by atomic mass is 10.1. The molecule has 132 valence electrons. The van der Waals surface area contributed by atoms with Gasteiger partial charge in [0.1, 0.15) is 23.7 Å². The molecule has 1 aliphatic rings. The summed E-state index contributed by atoms with van der Waals surface area (Å²) in [5.74, 6) is -0.993. The van der Waals surface area contributed by atoms with Crippen LogP contribution in [-0.4, -0.2) is 18.4 Å². The highest BCUT2D eigenvalue weighted by Gasteiger charge is 2.34. The standard InChI is InChI=1S/C19H14BrFN2O3/c1-2-9-26-17-8-3-13(20)10-12(17)11-16-18(24)22-23(19(16)25)15-6-4-14(21)5-7-15/h2-8,10-11H,1,9H2,(H,22,24)/b16-11+. The summed E-state index contributed by atoms with van der Waals surface area (Å²) in [6, 6.07) is 10.5. The van der Waals surface area contributed by atoms with E-state index in [1.54, 1.807) is 24.3 Å². The number of amides is 2. The van der Waals surface area contributed by atoms with Crippen LogP contribution in [-0.2, 0) is 9.59 Å². The second kappa shape index (κ2) is 7.53. The Hall–Kier alpha value is -2.93. The van der Waals surface area contributed by atoms with Crippen LogP contribution in [0.15, 0.2) is 65.2 Å². The minimum atomic E-state index is -0.547. The summed E-state index contributed by atoms with van der Waals surface area (Å²) >= 11 is 3.36. The molecule has 0 spiro atoms. The number of halogens is 2. The number of ether oxygens (including phenoxy) is 1. The van der Waals surface area contributed by atoms with Crippen molar-refractivity contribution >= 4 is 39.5 Å². The summed E-state index contributed by atoms with van der Waals surface area (Å²) in [7, 11) is 0. The summed E-state index contributed by atoms with van der Waals surface area (Å²) in [5.41, 5.74) is 3.36. The smallest absolute Gasteiger partial charge is 0.282 e. The third-order valence-electron chi connectivity index (χ3n) is 3.60. The molecule has 2 aromatic rings. The van der Waals surface area contributed by atoms with Gasteiger partial charge in [0.2, 0.25) is 0 Å². The Balaban J connectivity index is 1.95. The maximum absolute atomic E-state index is 13.1. The number of benzene rings is 2. The van der Waals surface area contributed by atoms with Crippen molar-refractivity contribution in [1.82, 2.24) is 5.43 Å². The van der Waals surface area contributed by atoms with Crippen LogP contribution in [0.25, 0.3) is 6.08 Å². The number of nitrogens with zero attached hydrogens (tertiary/aromatic N) is 1. The van der Waals surface area contributed by atoms with Crippen molar-refractivity contribution in [3.05, 3.63) is 76.5 Å². The lowest BCUT2D eigenvalue weighted by Crippen LogP contribution is -2.35. The van der Waals surface area contributed by atoms with E-state index in [1.807, 2.05) is 0 Å².